The van der Waals surface area contributed by atoms with Crippen molar-refractivity contribution in [2.45, 2.75) is 6.54 Å². The molecule has 0 saturated carbocycles. The van der Waals surface area contributed by atoms with Gasteiger partial charge in [-0.1, -0.05) is 12.1 Å². The van der Waals surface area contributed by atoms with E-state index in [0.29, 0.717) is 17.6 Å². The lowest BCUT2D eigenvalue weighted by Crippen LogP contribution is -2.23. The number of Topliss-reactive ketones (excluding diaryl/α,β-unsaturated/α-hetero) is 1. The minimum atomic E-state index is -0.837. The molecule has 0 aliphatic heterocycles. The van der Waals surface area contributed by atoms with Crippen molar-refractivity contribution < 1.29 is 14.0 Å². The summed E-state index contributed by atoms with van der Waals surface area (Å²) in [6.45, 7) is 0.380. The van der Waals surface area contributed by atoms with E-state index in [0.717, 1.165) is 5.56 Å². The summed E-state index contributed by atoms with van der Waals surface area (Å²) >= 11 is 0. The van der Waals surface area contributed by atoms with E-state index in [1.54, 1.807) is 41.2 Å². The molecular formula is C18H13FN6O2. The number of pyridine rings is 1. The van der Waals surface area contributed by atoms with E-state index in [-0.39, 0.29) is 17.3 Å². The van der Waals surface area contributed by atoms with Crippen LogP contribution in [0.5, 0.6) is 0 Å². The summed E-state index contributed by atoms with van der Waals surface area (Å²) in [5.41, 5.74) is 1.61. The Morgan fingerprint density at radius 1 is 1.15 bits per heavy atom. The number of hydrogen-bond donors (Lipinski definition) is 2. The maximum atomic E-state index is 13.1. The Hall–Kier alpha value is -3.88. The number of nitrogens with one attached hydrogen (secondary N) is 2. The molecule has 0 atom stereocenters. The zero-order chi connectivity index (χ0) is 18.8. The second-order valence-corrected chi connectivity index (χ2v) is 5.79. The van der Waals surface area contributed by atoms with Gasteiger partial charge in [0.05, 0.1) is 5.56 Å². The second-order valence-electron chi connectivity index (χ2n) is 5.79. The van der Waals surface area contributed by atoms with Gasteiger partial charge in [0.15, 0.2) is 0 Å². The van der Waals surface area contributed by atoms with Gasteiger partial charge in [-0.25, -0.2) is 14.5 Å². The van der Waals surface area contributed by atoms with E-state index in [4.69, 9.17) is 0 Å². The van der Waals surface area contributed by atoms with Crippen molar-refractivity contribution in [2.24, 2.45) is 0 Å². The Morgan fingerprint density at radius 2 is 1.96 bits per heavy atom. The molecule has 3 aromatic heterocycles. The molecule has 0 unspecified atom stereocenters. The molecule has 4 rings (SSSR count). The van der Waals surface area contributed by atoms with Gasteiger partial charge in [0, 0.05) is 24.3 Å². The number of carbonyl (C=O) groups is 2. The molecule has 3 heterocycles. The minimum Gasteiger partial charge on any atom is -0.327 e. The molecule has 0 fully saturated rings. The molecule has 2 N–H and O–H groups in total. The highest BCUT2D eigenvalue weighted by Gasteiger charge is 2.23. The Morgan fingerprint density at radius 3 is 2.70 bits per heavy atom. The Balaban J connectivity index is 1.67. The largest absolute Gasteiger partial charge is 0.327 e. The number of amides is 1. The van der Waals surface area contributed by atoms with E-state index in [9.17, 15) is 14.0 Å². The average Bonchev–Trinajstić information content (AvgIpc) is 3.31. The fourth-order valence-corrected chi connectivity index (χ4v) is 2.76. The van der Waals surface area contributed by atoms with Crippen LogP contribution in [-0.4, -0.2) is 36.4 Å². The fraction of sp³-hybridized carbons (Fsp3) is 0.0556. The van der Waals surface area contributed by atoms with Crippen LogP contribution in [0.25, 0.3) is 11.0 Å². The fourth-order valence-electron chi connectivity index (χ4n) is 2.76. The summed E-state index contributed by atoms with van der Waals surface area (Å²) in [5.74, 6) is -1.80. The maximum Gasteiger partial charge on any atom is 0.299 e. The van der Waals surface area contributed by atoms with Gasteiger partial charge in [0.25, 0.3) is 11.7 Å². The highest BCUT2D eigenvalue weighted by atomic mass is 19.1. The van der Waals surface area contributed by atoms with E-state index < -0.39 is 11.7 Å². The van der Waals surface area contributed by atoms with Gasteiger partial charge in [-0.2, -0.15) is 10.1 Å². The Labute approximate surface area is 152 Å². The van der Waals surface area contributed by atoms with Crippen LogP contribution >= 0.6 is 0 Å². The van der Waals surface area contributed by atoms with Crippen LogP contribution in [0.2, 0.25) is 0 Å². The van der Waals surface area contributed by atoms with Crippen LogP contribution in [0.3, 0.4) is 0 Å². The molecule has 0 bridgehead atoms. The van der Waals surface area contributed by atoms with Gasteiger partial charge in [-0.15, -0.1) is 0 Å². The number of hydrogen-bond acceptors (Lipinski definition) is 5. The van der Waals surface area contributed by atoms with Crippen LogP contribution < -0.4 is 5.32 Å². The summed E-state index contributed by atoms with van der Waals surface area (Å²) < 4.78 is 14.9. The SMILES string of the molecule is O=C(Nc1ncn[nH]1)C(=O)c1cn(Cc2ccc(F)cc2)c2ncccc12. The van der Waals surface area contributed by atoms with E-state index in [1.807, 2.05) is 0 Å². The van der Waals surface area contributed by atoms with Crippen LogP contribution in [-0.2, 0) is 11.3 Å². The highest BCUT2D eigenvalue weighted by Crippen LogP contribution is 2.21. The predicted molar refractivity (Wildman–Crippen MR) is 94.6 cm³/mol. The third kappa shape index (κ3) is 3.30. The number of aromatic amines is 1. The monoisotopic (exact) mass is 364 g/mol. The summed E-state index contributed by atoms with van der Waals surface area (Å²) in [6.07, 6.45) is 4.40. The number of anilines is 1. The summed E-state index contributed by atoms with van der Waals surface area (Å²) in [6, 6.07) is 9.45. The number of H-pyrrole nitrogens is 1. The number of halogens is 1. The van der Waals surface area contributed by atoms with Gasteiger partial charge in [-0.3, -0.25) is 14.9 Å². The van der Waals surface area contributed by atoms with Crippen molar-refractivity contribution >= 4 is 28.7 Å². The van der Waals surface area contributed by atoms with E-state index >= 15 is 0 Å². The van der Waals surface area contributed by atoms with Crippen molar-refractivity contribution in [3.63, 3.8) is 0 Å². The number of carbonyl (C=O) groups excluding carboxylic acids is 2. The normalized spacial score (nSPS) is 10.9. The zero-order valence-electron chi connectivity index (χ0n) is 13.9. The summed E-state index contributed by atoms with van der Waals surface area (Å²) in [4.78, 5) is 32.9. The van der Waals surface area contributed by atoms with Gasteiger partial charge >= 0.3 is 0 Å². The predicted octanol–water partition coefficient (Wildman–Crippen LogP) is 2.16. The molecule has 4 aromatic rings. The van der Waals surface area contributed by atoms with Crippen molar-refractivity contribution in [2.75, 3.05) is 5.32 Å². The van der Waals surface area contributed by atoms with Crippen molar-refractivity contribution in [1.29, 1.82) is 0 Å². The number of rotatable bonds is 5. The molecular weight excluding hydrogens is 351 g/mol. The maximum absolute atomic E-state index is 13.1. The molecule has 1 amide bonds. The first-order valence-corrected chi connectivity index (χ1v) is 8.01. The minimum absolute atomic E-state index is 0.0847. The lowest BCUT2D eigenvalue weighted by Gasteiger charge is -2.04. The van der Waals surface area contributed by atoms with Crippen LogP contribution in [0.1, 0.15) is 15.9 Å². The smallest absolute Gasteiger partial charge is 0.299 e. The topological polar surface area (TPSA) is 106 Å². The quantitative estimate of drug-likeness (QED) is 0.417. The highest BCUT2D eigenvalue weighted by molar-refractivity contribution is 6.48. The number of fused-ring (bicyclic) bond motifs is 1. The molecule has 0 saturated heterocycles. The average molecular weight is 364 g/mol. The molecule has 0 radical (unpaired) electrons. The molecule has 0 spiro atoms. The number of nitrogens with zero attached hydrogens (tertiary/aromatic N) is 4. The lowest BCUT2D eigenvalue weighted by molar-refractivity contribution is -0.112. The van der Waals surface area contributed by atoms with Gasteiger partial charge < -0.3 is 4.57 Å². The standard InChI is InChI=1S/C18H13FN6O2/c19-12-5-3-11(4-6-12)8-25-9-14(13-2-1-7-20-16(13)25)15(26)17(27)23-18-21-10-22-24-18/h1-7,9-10H,8H2,(H2,21,22,23,24,27). The first kappa shape index (κ1) is 16.6. The first-order valence-electron chi connectivity index (χ1n) is 8.01. The second kappa shape index (κ2) is 6.79. The summed E-state index contributed by atoms with van der Waals surface area (Å²) in [7, 11) is 0. The van der Waals surface area contributed by atoms with Crippen LogP contribution in [0.4, 0.5) is 10.3 Å². The third-order valence-electron chi connectivity index (χ3n) is 4.00. The van der Waals surface area contributed by atoms with Gasteiger partial charge in [-0.05, 0) is 29.8 Å². The Bertz CT molecular complexity index is 1120. The summed E-state index contributed by atoms with van der Waals surface area (Å²) in [5, 5.41) is 8.99. The van der Waals surface area contributed by atoms with Crippen molar-refractivity contribution in [3.05, 3.63) is 72.1 Å². The molecule has 0 aliphatic rings. The molecule has 27 heavy (non-hydrogen) atoms. The molecule has 134 valence electrons. The Kier molecular flexibility index (Phi) is 4.17. The molecule has 8 nitrogen and oxygen atoms in total. The number of benzene rings is 1. The number of aromatic nitrogens is 5. The van der Waals surface area contributed by atoms with Crippen molar-refractivity contribution in [3.8, 4) is 0 Å². The first-order chi connectivity index (χ1) is 13.1. The number of ketones is 1. The molecule has 1 aromatic carbocycles. The van der Waals surface area contributed by atoms with E-state index in [2.05, 4.69) is 25.5 Å². The zero-order valence-corrected chi connectivity index (χ0v) is 13.9. The van der Waals surface area contributed by atoms with E-state index in [1.165, 1.54) is 18.5 Å². The van der Waals surface area contributed by atoms with Crippen molar-refractivity contribution in [1.82, 2.24) is 24.7 Å². The molecule has 9 heteroatoms. The lowest BCUT2D eigenvalue weighted by atomic mass is 10.1. The molecule has 0 aliphatic carbocycles. The van der Waals surface area contributed by atoms with Gasteiger partial charge in [0.1, 0.15) is 17.8 Å². The third-order valence-corrected chi connectivity index (χ3v) is 4.00. The van der Waals surface area contributed by atoms with Crippen LogP contribution in [0, 0.1) is 5.82 Å². The van der Waals surface area contributed by atoms with Gasteiger partial charge in [0.2, 0.25) is 5.95 Å². The van der Waals surface area contributed by atoms with Crippen LogP contribution in [0.15, 0.2) is 55.1 Å².